The smallest absolute Gasteiger partial charge is 0.185 e. The fourth-order valence-electron chi connectivity index (χ4n) is 1.52. The Morgan fingerprint density at radius 3 is 3.29 bits per heavy atom. The van der Waals surface area contributed by atoms with Crippen LogP contribution in [0, 0.1) is 0 Å². The van der Waals surface area contributed by atoms with Gasteiger partial charge < -0.3 is 0 Å². The average molecular weight is 206 g/mol. The van der Waals surface area contributed by atoms with Gasteiger partial charge in [-0.2, -0.15) is 5.10 Å². The molecule has 0 fully saturated rings. The van der Waals surface area contributed by atoms with Gasteiger partial charge >= 0.3 is 0 Å². The molecule has 2 aromatic heterocycles. The van der Waals surface area contributed by atoms with E-state index in [1.54, 1.807) is 0 Å². The number of ketones is 1. The Hall–Kier alpha value is -1.43. The maximum absolute atomic E-state index is 11.4. The molecule has 0 bridgehead atoms. The van der Waals surface area contributed by atoms with Crippen LogP contribution in [0.1, 0.15) is 5.69 Å². The number of nitrogens with one attached hydrogen (secondary N) is 1. The number of nitrogens with zero attached hydrogens (tertiary/aromatic N) is 3. The normalized spacial score (nSPS) is 15.9. The number of rotatable bonds is 0. The highest BCUT2D eigenvalue weighted by Crippen LogP contribution is 2.29. The summed E-state index contributed by atoms with van der Waals surface area (Å²) in [6.07, 6.45) is 1.88. The minimum absolute atomic E-state index is 0.193. The standard InChI is InChI=1S/C8H6N4OS/c13-4-1-5-6-7(12-11-5)9-3-10-8(6)14-2-4/h3H,1-2H2,(H,9,10,11,12). The molecule has 6 heteroatoms. The Labute approximate surface area is 83.3 Å². The summed E-state index contributed by atoms with van der Waals surface area (Å²) >= 11 is 1.45. The second-order valence-electron chi connectivity index (χ2n) is 3.08. The van der Waals surface area contributed by atoms with Crippen LogP contribution in [-0.4, -0.2) is 31.7 Å². The highest BCUT2D eigenvalue weighted by Gasteiger charge is 2.19. The van der Waals surface area contributed by atoms with Crippen LogP contribution in [-0.2, 0) is 11.2 Å². The van der Waals surface area contributed by atoms with E-state index in [1.165, 1.54) is 18.1 Å². The highest BCUT2D eigenvalue weighted by molar-refractivity contribution is 8.00. The summed E-state index contributed by atoms with van der Waals surface area (Å²) < 4.78 is 0. The van der Waals surface area contributed by atoms with Gasteiger partial charge in [0, 0.05) is 6.42 Å². The number of Topliss-reactive ketones (excluding diaryl/α,β-unsaturated/α-hetero) is 1. The Balaban J connectivity index is 2.35. The number of H-pyrrole nitrogens is 1. The number of aromatic nitrogens is 4. The molecule has 2 aromatic rings. The molecule has 0 amide bonds. The molecule has 0 aliphatic carbocycles. The van der Waals surface area contributed by atoms with Gasteiger partial charge in [0.05, 0.1) is 16.8 Å². The molecule has 5 nitrogen and oxygen atoms in total. The number of carbonyl (C=O) groups excluding carboxylic acids is 1. The van der Waals surface area contributed by atoms with E-state index in [0.717, 1.165) is 16.1 Å². The lowest BCUT2D eigenvalue weighted by atomic mass is 10.2. The largest absolute Gasteiger partial charge is 0.298 e. The van der Waals surface area contributed by atoms with Crippen molar-refractivity contribution in [2.24, 2.45) is 0 Å². The van der Waals surface area contributed by atoms with Crippen molar-refractivity contribution < 1.29 is 4.79 Å². The van der Waals surface area contributed by atoms with Gasteiger partial charge in [-0.05, 0) is 0 Å². The van der Waals surface area contributed by atoms with Crippen molar-refractivity contribution in [2.75, 3.05) is 5.75 Å². The number of hydrogen-bond acceptors (Lipinski definition) is 5. The zero-order valence-corrected chi connectivity index (χ0v) is 7.97. The van der Waals surface area contributed by atoms with Crippen LogP contribution in [0.2, 0.25) is 0 Å². The molecule has 3 heterocycles. The molecular formula is C8H6N4OS. The molecular weight excluding hydrogens is 200 g/mol. The van der Waals surface area contributed by atoms with Crippen LogP contribution in [0.3, 0.4) is 0 Å². The highest BCUT2D eigenvalue weighted by atomic mass is 32.2. The molecule has 0 atom stereocenters. The third-order valence-corrected chi connectivity index (χ3v) is 3.18. The molecule has 0 unspecified atom stereocenters. The lowest BCUT2D eigenvalue weighted by molar-refractivity contribution is -0.116. The summed E-state index contributed by atoms with van der Waals surface area (Å²) in [5.74, 6) is 0.674. The van der Waals surface area contributed by atoms with Crippen LogP contribution < -0.4 is 0 Å². The van der Waals surface area contributed by atoms with Crippen LogP contribution in [0.15, 0.2) is 11.4 Å². The SMILES string of the molecule is O=C1CSc2ncnc3n[nH]c(c23)C1. The zero-order valence-electron chi connectivity index (χ0n) is 7.15. The molecule has 3 rings (SSSR count). The van der Waals surface area contributed by atoms with E-state index in [2.05, 4.69) is 20.2 Å². The maximum Gasteiger partial charge on any atom is 0.185 e. The summed E-state index contributed by atoms with van der Waals surface area (Å²) in [6.45, 7) is 0. The second kappa shape index (κ2) is 2.78. The average Bonchev–Trinajstić information content (AvgIpc) is 2.51. The first-order valence-electron chi connectivity index (χ1n) is 4.17. The van der Waals surface area contributed by atoms with Crippen molar-refractivity contribution in [2.45, 2.75) is 11.4 Å². The minimum atomic E-state index is 0.193. The molecule has 1 aliphatic rings. The number of thioether (sulfide) groups is 1. The summed E-state index contributed by atoms with van der Waals surface area (Å²) in [5.41, 5.74) is 1.48. The quantitative estimate of drug-likeness (QED) is 0.638. The Bertz CT molecular complexity index is 521. The third kappa shape index (κ3) is 1.04. The Kier molecular flexibility index (Phi) is 1.57. The first-order valence-corrected chi connectivity index (χ1v) is 5.15. The van der Waals surface area contributed by atoms with Gasteiger partial charge in [0.1, 0.15) is 17.1 Å². The van der Waals surface area contributed by atoms with Gasteiger partial charge in [-0.3, -0.25) is 9.89 Å². The van der Waals surface area contributed by atoms with Crippen LogP contribution in [0.25, 0.3) is 11.0 Å². The first kappa shape index (κ1) is 7.93. The summed E-state index contributed by atoms with van der Waals surface area (Å²) in [6, 6.07) is 0. The fourth-order valence-corrected chi connectivity index (χ4v) is 2.40. The van der Waals surface area contributed by atoms with Gasteiger partial charge in [0.25, 0.3) is 0 Å². The Morgan fingerprint density at radius 2 is 2.36 bits per heavy atom. The van der Waals surface area contributed by atoms with Crippen molar-refractivity contribution in [1.82, 2.24) is 20.2 Å². The zero-order chi connectivity index (χ0) is 9.54. The molecule has 1 aliphatic heterocycles. The molecule has 0 saturated carbocycles. The number of carbonyl (C=O) groups is 1. The molecule has 1 N–H and O–H groups in total. The predicted octanol–water partition coefficient (Wildman–Crippen LogP) is 0.570. The second-order valence-corrected chi connectivity index (χ2v) is 4.05. The molecule has 0 aromatic carbocycles. The molecule has 0 saturated heterocycles. The van der Waals surface area contributed by atoms with Gasteiger partial charge in [0.2, 0.25) is 0 Å². The van der Waals surface area contributed by atoms with Crippen molar-refractivity contribution in [1.29, 1.82) is 0 Å². The number of hydrogen-bond donors (Lipinski definition) is 1. The minimum Gasteiger partial charge on any atom is -0.298 e. The monoisotopic (exact) mass is 206 g/mol. The van der Waals surface area contributed by atoms with Crippen molar-refractivity contribution in [3.63, 3.8) is 0 Å². The molecule has 14 heavy (non-hydrogen) atoms. The van der Waals surface area contributed by atoms with Gasteiger partial charge in [-0.1, -0.05) is 11.8 Å². The summed E-state index contributed by atoms with van der Waals surface area (Å²) in [7, 11) is 0. The lowest BCUT2D eigenvalue weighted by Gasteiger charge is -1.95. The maximum atomic E-state index is 11.4. The summed E-state index contributed by atoms with van der Waals surface area (Å²) in [4.78, 5) is 19.5. The van der Waals surface area contributed by atoms with E-state index < -0.39 is 0 Å². The van der Waals surface area contributed by atoms with Crippen molar-refractivity contribution >= 4 is 28.6 Å². The van der Waals surface area contributed by atoms with E-state index in [1.807, 2.05) is 0 Å². The molecule has 0 spiro atoms. The van der Waals surface area contributed by atoms with Gasteiger partial charge in [-0.15, -0.1) is 0 Å². The van der Waals surface area contributed by atoms with E-state index in [0.29, 0.717) is 17.8 Å². The van der Waals surface area contributed by atoms with Crippen LogP contribution >= 0.6 is 11.8 Å². The van der Waals surface area contributed by atoms with E-state index in [4.69, 9.17) is 0 Å². The van der Waals surface area contributed by atoms with Gasteiger partial charge in [-0.25, -0.2) is 9.97 Å². The third-order valence-electron chi connectivity index (χ3n) is 2.13. The number of aromatic amines is 1. The first-order chi connectivity index (χ1) is 6.84. The van der Waals surface area contributed by atoms with Crippen molar-refractivity contribution in [3.8, 4) is 0 Å². The molecule has 70 valence electrons. The van der Waals surface area contributed by atoms with Crippen molar-refractivity contribution in [3.05, 3.63) is 12.0 Å². The van der Waals surface area contributed by atoms with E-state index >= 15 is 0 Å². The molecule has 0 radical (unpaired) electrons. The Morgan fingerprint density at radius 1 is 1.43 bits per heavy atom. The van der Waals surface area contributed by atoms with E-state index in [9.17, 15) is 4.79 Å². The lowest BCUT2D eigenvalue weighted by Crippen LogP contribution is -2.03. The fraction of sp³-hybridized carbons (Fsp3) is 0.250. The van der Waals surface area contributed by atoms with E-state index in [-0.39, 0.29) is 5.78 Å². The van der Waals surface area contributed by atoms with Crippen LogP contribution in [0.4, 0.5) is 0 Å². The summed E-state index contributed by atoms with van der Waals surface area (Å²) in [5, 5.41) is 8.62. The van der Waals surface area contributed by atoms with Crippen LogP contribution in [0.5, 0.6) is 0 Å². The topological polar surface area (TPSA) is 71.5 Å². The predicted molar refractivity (Wildman–Crippen MR) is 51.1 cm³/mol. The van der Waals surface area contributed by atoms with Gasteiger partial charge in [0.15, 0.2) is 5.65 Å².